The Morgan fingerprint density at radius 2 is 2.04 bits per heavy atom. The molecule has 4 aromatic rings. The Morgan fingerprint density at radius 3 is 2.80 bits per heavy atom. The summed E-state index contributed by atoms with van der Waals surface area (Å²) in [5.41, 5.74) is 3.27. The molecule has 126 valence electrons. The SMILES string of the molecule is Cc1cc(C)cc(-n2nnnc2SCc2nc(-c3cccs3)no2)c1. The number of aromatic nitrogens is 6. The Labute approximate surface area is 152 Å². The molecule has 3 aromatic heterocycles. The summed E-state index contributed by atoms with van der Waals surface area (Å²) < 4.78 is 7.04. The third-order valence-corrected chi connectivity index (χ3v) is 5.20. The van der Waals surface area contributed by atoms with Gasteiger partial charge < -0.3 is 4.52 Å². The van der Waals surface area contributed by atoms with Crippen LogP contribution in [0.15, 0.2) is 45.4 Å². The van der Waals surface area contributed by atoms with Crippen molar-refractivity contribution >= 4 is 23.1 Å². The van der Waals surface area contributed by atoms with E-state index >= 15 is 0 Å². The van der Waals surface area contributed by atoms with E-state index in [0.29, 0.717) is 22.6 Å². The van der Waals surface area contributed by atoms with Crippen LogP contribution in [0.1, 0.15) is 17.0 Å². The maximum Gasteiger partial charge on any atom is 0.237 e. The van der Waals surface area contributed by atoms with Crippen molar-refractivity contribution in [1.82, 2.24) is 30.3 Å². The molecule has 0 aliphatic carbocycles. The van der Waals surface area contributed by atoms with Gasteiger partial charge in [0, 0.05) is 0 Å². The van der Waals surface area contributed by atoms with Crippen molar-refractivity contribution in [2.24, 2.45) is 0 Å². The lowest BCUT2D eigenvalue weighted by Crippen LogP contribution is -2.00. The van der Waals surface area contributed by atoms with Gasteiger partial charge in [0.25, 0.3) is 0 Å². The fourth-order valence-corrected chi connectivity index (χ4v) is 3.83. The molecule has 0 unspecified atom stereocenters. The smallest absolute Gasteiger partial charge is 0.237 e. The topological polar surface area (TPSA) is 82.5 Å². The summed E-state index contributed by atoms with van der Waals surface area (Å²) in [5, 5.41) is 18.7. The summed E-state index contributed by atoms with van der Waals surface area (Å²) in [6.07, 6.45) is 0. The molecule has 1 aromatic carbocycles. The first kappa shape index (κ1) is 16.0. The number of rotatable bonds is 5. The lowest BCUT2D eigenvalue weighted by atomic mass is 10.1. The average molecular weight is 370 g/mol. The molecule has 0 saturated carbocycles. The molecule has 0 saturated heterocycles. The Morgan fingerprint density at radius 1 is 1.20 bits per heavy atom. The number of benzene rings is 1. The van der Waals surface area contributed by atoms with E-state index in [2.05, 4.69) is 57.7 Å². The largest absolute Gasteiger partial charge is 0.338 e. The third kappa shape index (κ3) is 3.47. The van der Waals surface area contributed by atoms with Crippen molar-refractivity contribution in [3.63, 3.8) is 0 Å². The van der Waals surface area contributed by atoms with Gasteiger partial charge in [-0.1, -0.05) is 29.1 Å². The number of thioether (sulfide) groups is 1. The summed E-state index contributed by atoms with van der Waals surface area (Å²) in [6.45, 7) is 4.11. The Kier molecular flexibility index (Phi) is 4.33. The first-order chi connectivity index (χ1) is 12.2. The lowest BCUT2D eigenvalue weighted by molar-refractivity contribution is 0.391. The van der Waals surface area contributed by atoms with E-state index in [1.807, 2.05) is 17.5 Å². The molecule has 7 nitrogen and oxygen atoms in total. The highest BCUT2D eigenvalue weighted by Gasteiger charge is 2.14. The van der Waals surface area contributed by atoms with Gasteiger partial charge in [0.05, 0.1) is 16.3 Å². The molecule has 0 radical (unpaired) electrons. The van der Waals surface area contributed by atoms with E-state index < -0.39 is 0 Å². The number of thiophene rings is 1. The standard InChI is InChI=1S/C16H14N6OS2/c1-10-6-11(2)8-12(7-10)22-16(18-20-21-22)25-9-14-17-15(19-23-14)13-4-3-5-24-13/h3-8H,9H2,1-2H3. The van der Waals surface area contributed by atoms with Gasteiger partial charge in [-0.05, 0) is 59.0 Å². The zero-order chi connectivity index (χ0) is 17.2. The van der Waals surface area contributed by atoms with Crippen molar-refractivity contribution in [2.45, 2.75) is 24.8 Å². The van der Waals surface area contributed by atoms with E-state index in [1.165, 1.54) is 22.9 Å². The number of tetrazole rings is 1. The maximum atomic E-state index is 5.32. The second-order valence-corrected chi connectivity index (χ2v) is 7.39. The molecule has 0 aliphatic rings. The second kappa shape index (κ2) is 6.77. The van der Waals surface area contributed by atoms with Crippen LogP contribution >= 0.6 is 23.1 Å². The fraction of sp³-hybridized carbons (Fsp3) is 0.188. The van der Waals surface area contributed by atoms with Crippen LogP contribution in [-0.2, 0) is 5.75 Å². The van der Waals surface area contributed by atoms with Crippen LogP contribution in [0.25, 0.3) is 16.4 Å². The number of hydrogen-bond acceptors (Lipinski definition) is 8. The first-order valence-corrected chi connectivity index (χ1v) is 9.42. The molecule has 0 fully saturated rings. The average Bonchev–Trinajstić information content (AvgIpc) is 3.32. The van der Waals surface area contributed by atoms with Gasteiger partial charge in [0.15, 0.2) is 0 Å². The summed E-state index contributed by atoms with van der Waals surface area (Å²) in [4.78, 5) is 5.40. The predicted molar refractivity (Wildman–Crippen MR) is 95.8 cm³/mol. The normalized spacial score (nSPS) is 11.1. The highest BCUT2D eigenvalue weighted by atomic mass is 32.2. The third-order valence-electron chi connectivity index (χ3n) is 3.43. The minimum absolute atomic E-state index is 0.504. The van der Waals surface area contributed by atoms with E-state index in [4.69, 9.17) is 4.52 Å². The van der Waals surface area contributed by atoms with Gasteiger partial charge >= 0.3 is 0 Å². The summed E-state index contributed by atoms with van der Waals surface area (Å²) in [6, 6.07) is 10.1. The highest BCUT2D eigenvalue weighted by Crippen LogP contribution is 2.25. The molecule has 4 rings (SSSR count). The molecule has 0 bridgehead atoms. The van der Waals surface area contributed by atoms with Crippen LogP contribution in [0.5, 0.6) is 0 Å². The van der Waals surface area contributed by atoms with Crippen LogP contribution < -0.4 is 0 Å². The molecule has 0 N–H and O–H groups in total. The van der Waals surface area contributed by atoms with Crippen molar-refractivity contribution in [3.8, 4) is 16.4 Å². The zero-order valence-corrected chi connectivity index (χ0v) is 15.2. The van der Waals surface area contributed by atoms with Crippen LogP contribution in [0, 0.1) is 13.8 Å². The van der Waals surface area contributed by atoms with Gasteiger partial charge in [-0.2, -0.15) is 9.67 Å². The van der Waals surface area contributed by atoms with Crippen molar-refractivity contribution in [2.75, 3.05) is 0 Å². The van der Waals surface area contributed by atoms with Gasteiger partial charge in [-0.15, -0.1) is 16.4 Å². The van der Waals surface area contributed by atoms with E-state index in [9.17, 15) is 0 Å². The molecule has 25 heavy (non-hydrogen) atoms. The van der Waals surface area contributed by atoms with Gasteiger partial charge in [0.1, 0.15) is 0 Å². The molecular formula is C16H14N6OS2. The minimum Gasteiger partial charge on any atom is -0.338 e. The summed E-state index contributed by atoms with van der Waals surface area (Å²) in [7, 11) is 0. The van der Waals surface area contributed by atoms with Gasteiger partial charge in [0.2, 0.25) is 16.9 Å². The highest BCUT2D eigenvalue weighted by molar-refractivity contribution is 7.98. The molecular weight excluding hydrogens is 356 g/mol. The quantitative estimate of drug-likeness (QED) is 0.496. The molecule has 0 spiro atoms. The fourth-order valence-electron chi connectivity index (χ4n) is 2.45. The molecule has 0 atom stereocenters. The summed E-state index contributed by atoms with van der Waals surface area (Å²) >= 11 is 3.04. The molecule has 9 heteroatoms. The number of nitrogens with zero attached hydrogens (tertiary/aromatic N) is 6. The van der Waals surface area contributed by atoms with Crippen LogP contribution in [0.2, 0.25) is 0 Å². The zero-order valence-electron chi connectivity index (χ0n) is 13.6. The molecule has 0 amide bonds. The van der Waals surface area contributed by atoms with E-state index in [0.717, 1.165) is 10.6 Å². The van der Waals surface area contributed by atoms with Crippen molar-refractivity contribution < 1.29 is 4.52 Å². The minimum atomic E-state index is 0.504. The van der Waals surface area contributed by atoms with Crippen molar-refractivity contribution in [1.29, 1.82) is 0 Å². The summed E-state index contributed by atoms with van der Waals surface area (Å²) in [5.74, 6) is 1.66. The van der Waals surface area contributed by atoms with Crippen molar-refractivity contribution in [3.05, 3.63) is 52.7 Å². The Hall–Kier alpha value is -2.52. The Bertz CT molecular complexity index is 972. The first-order valence-electron chi connectivity index (χ1n) is 7.55. The number of aryl methyl sites for hydroxylation is 2. The molecule has 3 heterocycles. The van der Waals surface area contributed by atoms with Crippen LogP contribution in [0.3, 0.4) is 0 Å². The monoisotopic (exact) mass is 370 g/mol. The molecule has 0 aliphatic heterocycles. The number of hydrogen-bond donors (Lipinski definition) is 0. The van der Waals surface area contributed by atoms with E-state index in [1.54, 1.807) is 16.0 Å². The van der Waals surface area contributed by atoms with E-state index in [-0.39, 0.29) is 0 Å². The van der Waals surface area contributed by atoms with Crippen LogP contribution in [0.4, 0.5) is 0 Å². The predicted octanol–water partition coefficient (Wildman–Crippen LogP) is 3.68. The van der Waals surface area contributed by atoms with Gasteiger partial charge in [-0.25, -0.2) is 0 Å². The lowest BCUT2D eigenvalue weighted by Gasteiger charge is -2.06. The second-order valence-electron chi connectivity index (χ2n) is 5.50. The van der Waals surface area contributed by atoms with Crippen LogP contribution in [-0.4, -0.2) is 30.3 Å². The Balaban J connectivity index is 1.52. The maximum absolute atomic E-state index is 5.32. The van der Waals surface area contributed by atoms with Gasteiger partial charge in [-0.3, -0.25) is 0 Å².